The van der Waals surface area contributed by atoms with Gasteiger partial charge in [0.25, 0.3) is 10.0 Å². The Morgan fingerprint density at radius 3 is 2.39 bits per heavy atom. The molecule has 6 nitrogen and oxygen atoms in total. The SMILES string of the molecule is Cc1noc(C)c1S(=O)(=O)Nc1ccc(OC2CCCC2)cc1. The lowest BCUT2D eigenvalue weighted by Crippen LogP contribution is -2.14. The van der Waals surface area contributed by atoms with Gasteiger partial charge in [-0.05, 0) is 63.8 Å². The minimum absolute atomic E-state index is 0.0868. The number of aromatic nitrogens is 1. The second kappa shape index (κ2) is 6.23. The van der Waals surface area contributed by atoms with Crippen LogP contribution in [0.4, 0.5) is 5.69 Å². The Hall–Kier alpha value is -2.02. The van der Waals surface area contributed by atoms with Gasteiger partial charge in [0.05, 0.1) is 6.10 Å². The lowest BCUT2D eigenvalue weighted by molar-refractivity contribution is 0.210. The molecule has 0 saturated heterocycles. The van der Waals surface area contributed by atoms with Gasteiger partial charge in [-0.25, -0.2) is 8.42 Å². The van der Waals surface area contributed by atoms with Crippen LogP contribution in [0, 0.1) is 13.8 Å². The van der Waals surface area contributed by atoms with Crippen molar-refractivity contribution in [3.05, 3.63) is 35.7 Å². The lowest BCUT2D eigenvalue weighted by atomic mass is 10.3. The third kappa shape index (κ3) is 3.50. The molecule has 1 heterocycles. The van der Waals surface area contributed by atoms with Gasteiger partial charge in [0.15, 0.2) is 10.7 Å². The van der Waals surface area contributed by atoms with Gasteiger partial charge in [0.2, 0.25) is 0 Å². The molecular weight excluding hydrogens is 316 g/mol. The van der Waals surface area contributed by atoms with E-state index >= 15 is 0 Å². The van der Waals surface area contributed by atoms with Crippen molar-refractivity contribution in [3.63, 3.8) is 0 Å². The summed E-state index contributed by atoms with van der Waals surface area (Å²) in [5, 5.41) is 3.68. The van der Waals surface area contributed by atoms with Crippen molar-refractivity contribution in [2.24, 2.45) is 0 Å². The molecule has 0 atom stereocenters. The Labute approximate surface area is 135 Å². The molecule has 0 spiro atoms. The van der Waals surface area contributed by atoms with Crippen LogP contribution in [0.15, 0.2) is 33.7 Å². The Kier molecular flexibility index (Phi) is 4.30. The summed E-state index contributed by atoms with van der Waals surface area (Å²) in [4.78, 5) is 0.0868. The molecule has 0 radical (unpaired) electrons. The third-order valence-electron chi connectivity index (χ3n) is 3.95. The summed E-state index contributed by atoms with van der Waals surface area (Å²) >= 11 is 0. The highest BCUT2D eigenvalue weighted by Crippen LogP contribution is 2.26. The summed E-state index contributed by atoms with van der Waals surface area (Å²) in [6, 6.07) is 6.95. The number of sulfonamides is 1. The zero-order valence-electron chi connectivity index (χ0n) is 13.2. The largest absolute Gasteiger partial charge is 0.490 e. The van der Waals surface area contributed by atoms with E-state index in [2.05, 4.69) is 9.88 Å². The summed E-state index contributed by atoms with van der Waals surface area (Å²) in [6.07, 6.45) is 4.86. The highest BCUT2D eigenvalue weighted by molar-refractivity contribution is 7.92. The van der Waals surface area contributed by atoms with Crippen molar-refractivity contribution in [3.8, 4) is 5.75 Å². The Morgan fingerprint density at radius 2 is 1.83 bits per heavy atom. The van der Waals surface area contributed by atoms with E-state index in [9.17, 15) is 8.42 Å². The molecule has 0 aliphatic heterocycles. The molecule has 1 aromatic heterocycles. The first kappa shape index (κ1) is 15.9. The van der Waals surface area contributed by atoms with E-state index in [1.807, 2.05) is 0 Å². The minimum atomic E-state index is -3.71. The monoisotopic (exact) mass is 336 g/mol. The first-order valence-electron chi connectivity index (χ1n) is 7.68. The molecule has 1 fully saturated rings. The highest BCUT2D eigenvalue weighted by Gasteiger charge is 2.24. The second-order valence-electron chi connectivity index (χ2n) is 5.81. The van der Waals surface area contributed by atoms with E-state index in [0.717, 1.165) is 18.6 Å². The molecule has 1 aliphatic carbocycles. The number of rotatable bonds is 5. The molecule has 0 amide bonds. The molecule has 1 N–H and O–H groups in total. The van der Waals surface area contributed by atoms with Crippen molar-refractivity contribution >= 4 is 15.7 Å². The van der Waals surface area contributed by atoms with E-state index in [0.29, 0.717) is 11.4 Å². The zero-order chi connectivity index (χ0) is 16.4. The molecule has 1 saturated carbocycles. The molecule has 0 unspecified atom stereocenters. The zero-order valence-corrected chi connectivity index (χ0v) is 14.0. The van der Waals surface area contributed by atoms with Crippen LogP contribution in [0.25, 0.3) is 0 Å². The molecule has 23 heavy (non-hydrogen) atoms. The van der Waals surface area contributed by atoms with E-state index in [4.69, 9.17) is 9.26 Å². The Morgan fingerprint density at radius 1 is 1.17 bits per heavy atom. The van der Waals surface area contributed by atoms with E-state index in [1.165, 1.54) is 12.8 Å². The first-order valence-corrected chi connectivity index (χ1v) is 9.16. The topological polar surface area (TPSA) is 81.4 Å². The molecule has 3 rings (SSSR count). The molecule has 0 bridgehead atoms. The van der Waals surface area contributed by atoms with Crippen molar-refractivity contribution in [1.29, 1.82) is 0 Å². The molecule has 7 heteroatoms. The third-order valence-corrected chi connectivity index (χ3v) is 5.57. The number of nitrogens with zero attached hydrogens (tertiary/aromatic N) is 1. The maximum absolute atomic E-state index is 12.4. The van der Waals surface area contributed by atoms with Gasteiger partial charge >= 0.3 is 0 Å². The Balaban J connectivity index is 1.72. The summed E-state index contributed by atoms with van der Waals surface area (Å²) < 4.78 is 38.2. The van der Waals surface area contributed by atoms with Gasteiger partial charge < -0.3 is 9.26 Å². The normalized spacial score (nSPS) is 15.7. The minimum Gasteiger partial charge on any atom is -0.490 e. The number of ether oxygens (including phenoxy) is 1. The fourth-order valence-corrected chi connectivity index (χ4v) is 4.25. The van der Waals surface area contributed by atoms with Gasteiger partial charge in [0, 0.05) is 5.69 Å². The predicted octanol–water partition coefficient (Wildman–Crippen LogP) is 3.41. The van der Waals surface area contributed by atoms with Gasteiger partial charge in [0.1, 0.15) is 11.4 Å². The maximum atomic E-state index is 12.4. The fourth-order valence-electron chi connectivity index (χ4n) is 2.86. The van der Waals surface area contributed by atoms with Crippen LogP contribution < -0.4 is 9.46 Å². The van der Waals surface area contributed by atoms with Crippen molar-refractivity contribution in [2.75, 3.05) is 4.72 Å². The fraction of sp³-hybridized carbons (Fsp3) is 0.438. The predicted molar refractivity (Wildman–Crippen MR) is 86.1 cm³/mol. The number of hydrogen-bond donors (Lipinski definition) is 1. The van der Waals surface area contributed by atoms with Gasteiger partial charge in [-0.3, -0.25) is 4.72 Å². The van der Waals surface area contributed by atoms with Crippen molar-refractivity contribution < 1.29 is 17.7 Å². The van der Waals surface area contributed by atoms with E-state index in [-0.39, 0.29) is 16.8 Å². The average Bonchev–Trinajstić information content (AvgIpc) is 3.11. The second-order valence-corrected chi connectivity index (χ2v) is 7.43. The summed E-state index contributed by atoms with van der Waals surface area (Å²) in [5.41, 5.74) is 0.819. The van der Waals surface area contributed by atoms with Crippen LogP contribution in [0.3, 0.4) is 0 Å². The van der Waals surface area contributed by atoms with Gasteiger partial charge in [-0.2, -0.15) is 0 Å². The van der Waals surface area contributed by atoms with Crippen LogP contribution in [-0.4, -0.2) is 19.7 Å². The van der Waals surface area contributed by atoms with Crippen LogP contribution in [-0.2, 0) is 10.0 Å². The molecule has 2 aromatic rings. The average molecular weight is 336 g/mol. The number of aryl methyl sites for hydroxylation is 2. The van der Waals surface area contributed by atoms with Gasteiger partial charge in [-0.15, -0.1) is 0 Å². The van der Waals surface area contributed by atoms with Crippen molar-refractivity contribution in [2.45, 2.75) is 50.5 Å². The summed E-state index contributed by atoms with van der Waals surface area (Å²) in [7, 11) is -3.71. The first-order chi connectivity index (χ1) is 11.0. The number of nitrogens with one attached hydrogen (secondary N) is 1. The lowest BCUT2D eigenvalue weighted by Gasteiger charge is -2.13. The standard InChI is InChI=1S/C16H20N2O4S/c1-11-16(12(2)22-17-11)23(19,20)18-13-7-9-15(10-8-13)21-14-5-3-4-6-14/h7-10,14,18H,3-6H2,1-2H3. The Bertz CT molecular complexity index is 755. The maximum Gasteiger partial charge on any atom is 0.267 e. The van der Waals surface area contributed by atoms with E-state index < -0.39 is 10.0 Å². The number of hydrogen-bond acceptors (Lipinski definition) is 5. The molecule has 124 valence electrons. The smallest absolute Gasteiger partial charge is 0.267 e. The van der Waals surface area contributed by atoms with Crippen LogP contribution in [0.2, 0.25) is 0 Å². The molecular formula is C16H20N2O4S. The number of benzene rings is 1. The highest BCUT2D eigenvalue weighted by atomic mass is 32.2. The molecule has 1 aromatic carbocycles. The summed E-state index contributed by atoms with van der Waals surface area (Å²) in [5.74, 6) is 1.04. The quantitative estimate of drug-likeness (QED) is 0.905. The summed E-state index contributed by atoms with van der Waals surface area (Å²) in [6.45, 7) is 3.18. The van der Waals surface area contributed by atoms with Gasteiger partial charge in [-0.1, -0.05) is 5.16 Å². The van der Waals surface area contributed by atoms with Crippen molar-refractivity contribution in [1.82, 2.24) is 5.16 Å². The van der Waals surface area contributed by atoms with Crippen LogP contribution >= 0.6 is 0 Å². The van der Waals surface area contributed by atoms with Crippen LogP contribution in [0.5, 0.6) is 5.75 Å². The number of anilines is 1. The molecule has 1 aliphatic rings. The van der Waals surface area contributed by atoms with E-state index in [1.54, 1.807) is 38.1 Å². The van der Waals surface area contributed by atoms with Crippen LogP contribution in [0.1, 0.15) is 37.1 Å².